The second kappa shape index (κ2) is 4.85. The molecule has 2 aromatic rings. The zero-order valence-corrected chi connectivity index (χ0v) is 11.0. The normalized spacial score (nSPS) is 12.5. The lowest BCUT2D eigenvalue weighted by molar-refractivity contribution is 0.204. The van der Waals surface area contributed by atoms with E-state index in [9.17, 15) is 5.11 Å². The van der Waals surface area contributed by atoms with Gasteiger partial charge in [-0.3, -0.25) is 0 Å². The first kappa shape index (κ1) is 12.1. The summed E-state index contributed by atoms with van der Waals surface area (Å²) in [6.07, 6.45) is -0.833. The fourth-order valence-electron chi connectivity index (χ4n) is 1.67. The zero-order chi connectivity index (χ0) is 12.4. The third-order valence-corrected chi connectivity index (χ3v) is 3.08. The maximum atomic E-state index is 10.3. The van der Waals surface area contributed by atoms with Crippen LogP contribution >= 0.6 is 15.9 Å². The number of methoxy groups -OCH3 is 1. The van der Waals surface area contributed by atoms with Gasteiger partial charge in [0.15, 0.2) is 4.60 Å². The Morgan fingerprint density at radius 3 is 2.71 bits per heavy atom. The largest absolute Gasteiger partial charge is 0.496 e. The number of aryl methyl sites for hydroxylation is 1. The minimum absolute atomic E-state index is 0.526. The van der Waals surface area contributed by atoms with Crippen molar-refractivity contribution in [1.29, 1.82) is 0 Å². The summed E-state index contributed by atoms with van der Waals surface area (Å²) in [4.78, 5) is 0. The summed E-state index contributed by atoms with van der Waals surface area (Å²) < 4.78 is 7.27. The highest BCUT2D eigenvalue weighted by Crippen LogP contribution is 2.31. The van der Waals surface area contributed by atoms with Crippen LogP contribution in [0, 0.1) is 0 Å². The van der Waals surface area contributed by atoms with Crippen LogP contribution in [-0.4, -0.2) is 27.2 Å². The molecule has 1 N–H and O–H groups in total. The average molecular weight is 298 g/mol. The summed E-state index contributed by atoms with van der Waals surface area (Å²) in [6.45, 7) is 0. The van der Waals surface area contributed by atoms with Gasteiger partial charge in [0.1, 0.15) is 17.5 Å². The third kappa shape index (κ3) is 2.18. The van der Waals surface area contributed by atoms with Gasteiger partial charge in [0.05, 0.1) is 7.11 Å². The third-order valence-electron chi connectivity index (χ3n) is 2.52. The number of nitrogens with zero attached hydrogens (tertiary/aromatic N) is 3. The Morgan fingerprint density at radius 2 is 2.12 bits per heavy atom. The number of rotatable bonds is 3. The van der Waals surface area contributed by atoms with Crippen molar-refractivity contribution in [2.45, 2.75) is 6.10 Å². The van der Waals surface area contributed by atoms with E-state index in [1.54, 1.807) is 20.2 Å². The maximum absolute atomic E-state index is 10.3. The van der Waals surface area contributed by atoms with E-state index in [0.29, 0.717) is 21.6 Å². The highest BCUT2D eigenvalue weighted by atomic mass is 79.9. The van der Waals surface area contributed by atoms with Gasteiger partial charge in [0.2, 0.25) is 0 Å². The van der Waals surface area contributed by atoms with Gasteiger partial charge >= 0.3 is 0 Å². The Kier molecular flexibility index (Phi) is 3.44. The molecule has 2 rings (SSSR count). The van der Waals surface area contributed by atoms with Gasteiger partial charge in [0, 0.05) is 12.6 Å². The van der Waals surface area contributed by atoms with Crippen molar-refractivity contribution in [2.24, 2.45) is 7.05 Å². The molecular formula is C11H12BrN3O2. The lowest BCUT2D eigenvalue weighted by Gasteiger charge is -2.14. The SMILES string of the molecule is COc1ccccc1C(O)c1c(Br)nnn1C. The Balaban J connectivity index is 2.47. The molecule has 0 spiro atoms. The van der Waals surface area contributed by atoms with Crippen molar-refractivity contribution in [2.75, 3.05) is 7.11 Å². The highest BCUT2D eigenvalue weighted by Gasteiger charge is 2.22. The molecule has 6 heteroatoms. The van der Waals surface area contributed by atoms with Gasteiger partial charge in [-0.2, -0.15) is 0 Å². The fourth-order valence-corrected chi connectivity index (χ4v) is 2.21. The molecule has 17 heavy (non-hydrogen) atoms. The van der Waals surface area contributed by atoms with Crippen molar-refractivity contribution < 1.29 is 9.84 Å². The number of ether oxygens (including phenoxy) is 1. The Hall–Kier alpha value is -1.40. The second-order valence-electron chi connectivity index (χ2n) is 3.53. The molecule has 0 saturated heterocycles. The van der Waals surface area contributed by atoms with E-state index in [1.807, 2.05) is 18.2 Å². The number of hydrogen-bond acceptors (Lipinski definition) is 4. The smallest absolute Gasteiger partial charge is 0.154 e. The first-order valence-corrected chi connectivity index (χ1v) is 5.80. The molecule has 0 aliphatic rings. The second-order valence-corrected chi connectivity index (χ2v) is 4.28. The van der Waals surface area contributed by atoms with Crippen LogP contribution in [0.25, 0.3) is 0 Å². The molecule has 1 heterocycles. The monoisotopic (exact) mass is 297 g/mol. The minimum atomic E-state index is -0.833. The summed E-state index contributed by atoms with van der Waals surface area (Å²) in [6, 6.07) is 7.31. The zero-order valence-electron chi connectivity index (χ0n) is 9.46. The molecule has 0 aliphatic carbocycles. The van der Waals surface area contributed by atoms with E-state index in [4.69, 9.17) is 4.74 Å². The number of halogens is 1. The lowest BCUT2D eigenvalue weighted by atomic mass is 10.1. The standard InChI is InChI=1S/C11H12BrN3O2/c1-15-9(11(12)13-14-15)10(16)7-5-3-4-6-8(7)17-2/h3-6,10,16H,1-2H3. The van der Waals surface area contributed by atoms with E-state index in [0.717, 1.165) is 0 Å². The van der Waals surface area contributed by atoms with Crippen molar-refractivity contribution in [1.82, 2.24) is 15.0 Å². The average Bonchev–Trinajstić information content (AvgIpc) is 2.68. The molecule has 0 amide bonds. The predicted molar refractivity (Wildman–Crippen MR) is 65.8 cm³/mol. The summed E-state index contributed by atoms with van der Waals surface area (Å²) in [5.41, 5.74) is 1.27. The number of hydrogen-bond donors (Lipinski definition) is 1. The van der Waals surface area contributed by atoms with Crippen LogP contribution in [-0.2, 0) is 7.05 Å². The van der Waals surface area contributed by atoms with Gasteiger partial charge in [-0.15, -0.1) is 5.10 Å². The van der Waals surface area contributed by atoms with Crippen LogP contribution < -0.4 is 4.74 Å². The van der Waals surface area contributed by atoms with Crippen molar-refractivity contribution in [3.8, 4) is 5.75 Å². The van der Waals surface area contributed by atoms with Crippen molar-refractivity contribution >= 4 is 15.9 Å². The Morgan fingerprint density at radius 1 is 1.41 bits per heavy atom. The highest BCUT2D eigenvalue weighted by molar-refractivity contribution is 9.10. The van der Waals surface area contributed by atoms with E-state index >= 15 is 0 Å². The first-order chi connectivity index (χ1) is 8.15. The maximum Gasteiger partial charge on any atom is 0.154 e. The van der Waals surface area contributed by atoms with Crippen LogP contribution in [0.2, 0.25) is 0 Å². The molecule has 0 radical (unpaired) electrons. The van der Waals surface area contributed by atoms with E-state index in [-0.39, 0.29) is 0 Å². The molecule has 1 atom stereocenters. The number of aliphatic hydroxyl groups excluding tert-OH is 1. The topological polar surface area (TPSA) is 60.2 Å². The molecule has 90 valence electrons. The molecule has 5 nitrogen and oxygen atoms in total. The first-order valence-electron chi connectivity index (χ1n) is 5.01. The lowest BCUT2D eigenvalue weighted by Crippen LogP contribution is -2.08. The number of aliphatic hydroxyl groups is 1. The van der Waals surface area contributed by atoms with Gasteiger partial charge in [0.25, 0.3) is 0 Å². The number of benzene rings is 1. The summed E-state index contributed by atoms with van der Waals surface area (Å²) in [5.74, 6) is 0.633. The van der Waals surface area contributed by atoms with Crippen LogP contribution in [0.3, 0.4) is 0 Å². The van der Waals surface area contributed by atoms with Gasteiger partial charge in [-0.1, -0.05) is 23.4 Å². The van der Waals surface area contributed by atoms with Crippen LogP contribution in [0.1, 0.15) is 17.4 Å². The molecule has 1 aromatic heterocycles. The summed E-state index contributed by atoms with van der Waals surface area (Å²) in [7, 11) is 3.30. The predicted octanol–water partition coefficient (Wildman–Crippen LogP) is 1.67. The minimum Gasteiger partial charge on any atom is -0.496 e. The quantitative estimate of drug-likeness (QED) is 0.936. The number of para-hydroxylation sites is 1. The van der Waals surface area contributed by atoms with Gasteiger partial charge in [-0.25, -0.2) is 4.68 Å². The summed E-state index contributed by atoms with van der Waals surface area (Å²) >= 11 is 3.27. The van der Waals surface area contributed by atoms with Crippen molar-refractivity contribution in [3.05, 3.63) is 40.1 Å². The Labute approximate surface area is 107 Å². The molecular weight excluding hydrogens is 286 g/mol. The van der Waals surface area contributed by atoms with Crippen molar-refractivity contribution in [3.63, 3.8) is 0 Å². The van der Waals surface area contributed by atoms with Gasteiger partial charge in [-0.05, 0) is 22.0 Å². The molecule has 0 saturated carbocycles. The molecule has 0 aliphatic heterocycles. The molecule has 1 aromatic carbocycles. The van der Waals surface area contributed by atoms with Gasteiger partial charge < -0.3 is 9.84 Å². The molecule has 0 bridgehead atoms. The summed E-state index contributed by atoms with van der Waals surface area (Å²) in [5, 5.41) is 18.0. The fraction of sp³-hybridized carbons (Fsp3) is 0.273. The van der Waals surface area contributed by atoms with Crippen LogP contribution in [0.15, 0.2) is 28.9 Å². The van der Waals surface area contributed by atoms with E-state index in [1.165, 1.54) is 4.68 Å². The molecule has 1 unspecified atom stereocenters. The van der Waals surface area contributed by atoms with E-state index < -0.39 is 6.10 Å². The molecule has 0 fully saturated rings. The van der Waals surface area contributed by atoms with E-state index in [2.05, 4.69) is 26.2 Å². The van der Waals surface area contributed by atoms with Crippen LogP contribution in [0.4, 0.5) is 0 Å². The number of aromatic nitrogens is 3. The van der Waals surface area contributed by atoms with Crippen LogP contribution in [0.5, 0.6) is 5.75 Å². The Bertz CT molecular complexity index is 508.